The van der Waals surface area contributed by atoms with Gasteiger partial charge in [-0.3, -0.25) is 19.3 Å². The van der Waals surface area contributed by atoms with Gasteiger partial charge in [0.05, 0.1) is 11.8 Å². The Morgan fingerprint density at radius 3 is 2.15 bits per heavy atom. The number of rotatable bonds is 7. The summed E-state index contributed by atoms with van der Waals surface area (Å²) in [5, 5.41) is 2.65. The molecule has 5 rings (SSSR count). The maximum absolute atomic E-state index is 12.9. The molecular weight excluding hydrogens is 436 g/mol. The van der Waals surface area contributed by atoms with Crippen LogP contribution in [-0.4, -0.2) is 41.2 Å². The van der Waals surface area contributed by atoms with Crippen molar-refractivity contribution in [2.75, 3.05) is 11.9 Å². The summed E-state index contributed by atoms with van der Waals surface area (Å²) in [5.41, 5.74) is 0.516. The van der Waals surface area contributed by atoms with Gasteiger partial charge in [-0.2, -0.15) is 0 Å². The van der Waals surface area contributed by atoms with Crippen LogP contribution in [0.4, 0.5) is 5.69 Å². The van der Waals surface area contributed by atoms with E-state index in [0.29, 0.717) is 17.2 Å². The SMILES string of the molecule is C[C@H](C(=O)OCC(=O)Nc1ccc(Oc2ccccc2)cc1)N1C(=O)[C@H]2[C@H]3CC[C@@H](C3)[C@@H]2C1=O. The first-order valence-electron chi connectivity index (χ1n) is 11.6. The van der Waals surface area contributed by atoms with E-state index in [9.17, 15) is 19.2 Å². The Hall–Kier alpha value is -3.68. The molecule has 1 heterocycles. The summed E-state index contributed by atoms with van der Waals surface area (Å²) in [6.07, 6.45) is 2.87. The van der Waals surface area contributed by atoms with Gasteiger partial charge in [0.15, 0.2) is 6.61 Å². The summed E-state index contributed by atoms with van der Waals surface area (Å²) >= 11 is 0. The first-order chi connectivity index (χ1) is 16.4. The van der Waals surface area contributed by atoms with Crippen molar-refractivity contribution < 1.29 is 28.7 Å². The highest BCUT2D eigenvalue weighted by molar-refractivity contribution is 6.08. The van der Waals surface area contributed by atoms with E-state index in [1.54, 1.807) is 24.3 Å². The fourth-order valence-electron chi connectivity index (χ4n) is 5.60. The van der Waals surface area contributed by atoms with E-state index >= 15 is 0 Å². The van der Waals surface area contributed by atoms with E-state index in [4.69, 9.17) is 9.47 Å². The molecule has 8 heteroatoms. The zero-order chi connectivity index (χ0) is 23.8. The van der Waals surface area contributed by atoms with E-state index in [-0.39, 0.29) is 35.5 Å². The van der Waals surface area contributed by atoms with Crippen molar-refractivity contribution >= 4 is 29.4 Å². The highest BCUT2D eigenvalue weighted by Gasteiger charge is 2.62. The minimum atomic E-state index is -1.05. The van der Waals surface area contributed by atoms with E-state index in [1.807, 2.05) is 30.3 Å². The number of fused-ring (bicyclic) bond motifs is 5. The minimum absolute atomic E-state index is 0.245. The van der Waals surface area contributed by atoms with Gasteiger partial charge in [0.1, 0.15) is 17.5 Å². The molecule has 34 heavy (non-hydrogen) atoms. The second-order valence-corrected chi connectivity index (χ2v) is 9.20. The quantitative estimate of drug-likeness (QED) is 0.500. The van der Waals surface area contributed by atoms with Crippen LogP contribution in [0.25, 0.3) is 0 Å². The van der Waals surface area contributed by atoms with Crippen LogP contribution in [0.1, 0.15) is 26.2 Å². The van der Waals surface area contributed by atoms with Gasteiger partial charge in [-0.25, -0.2) is 4.79 Å². The number of para-hydroxylation sites is 1. The Kier molecular flexibility index (Phi) is 5.81. The zero-order valence-electron chi connectivity index (χ0n) is 18.8. The van der Waals surface area contributed by atoms with E-state index in [1.165, 1.54) is 6.92 Å². The number of ether oxygens (including phenoxy) is 2. The molecule has 1 saturated heterocycles. The summed E-state index contributed by atoms with van der Waals surface area (Å²) in [7, 11) is 0. The van der Waals surface area contributed by atoms with Gasteiger partial charge in [0.2, 0.25) is 11.8 Å². The molecule has 3 aliphatic rings. The lowest BCUT2D eigenvalue weighted by atomic mass is 9.81. The molecule has 2 aromatic carbocycles. The van der Waals surface area contributed by atoms with Crippen molar-refractivity contribution in [3.63, 3.8) is 0 Å². The number of benzene rings is 2. The standard InChI is InChI=1S/C26H26N2O6/c1-15(28-24(30)22-16-7-8-17(13-16)23(22)25(28)31)26(32)33-14-21(29)27-18-9-11-20(12-10-18)34-19-5-3-2-4-6-19/h2-6,9-12,15-17,22-23H,7-8,13-14H2,1H3,(H,27,29)/t15-,16+,17+,22+,23+/m1/s1. The molecule has 3 fully saturated rings. The Bertz CT molecular complexity index is 1090. The molecule has 5 atom stereocenters. The zero-order valence-corrected chi connectivity index (χ0v) is 18.8. The molecule has 0 aromatic heterocycles. The largest absolute Gasteiger partial charge is 0.457 e. The van der Waals surface area contributed by atoms with Crippen molar-refractivity contribution in [3.05, 3.63) is 54.6 Å². The number of esters is 1. The fraction of sp³-hybridized carbons (Fsp3) is 0.385. The van der Waals surface area contributed by atoms with Crippen LogP contribution >= 0.6 is 0 Å². The van der Waals surface area contributed by atoms with Gasteiger partial charge < -0.3 is 14.8 Å². The summed E-state index contributed by atoms with van der Waals surface area (Å²) < 4.78 is 10.8. The monoisotopic (exact) mass is 462 g/mol. The number of hydrogen-bond acceptors (Lipinski definition) is 6. The number of carbonyl (C=O) groups excluding carboxylic acids is 4. The third kappa shape index (κ3) is 4.04. The maximum atomic E-state index is 12.9. The topological polar surface area (TPSA) is 102 Å². The summed E-state index contributed by atoms with van der Waals surface area (Å²) in [6.45, 7) is 0.963. The molecule has 0 unspecified atom stereocenters. The second kappa shape index (κ2) is 8.93. The molecule has 2 saturated carbocycles. The van der Waals surface area contributed by atoms with Gasteiger partial charge in [-0.15, -0.1) is 0 Å². The maximum Gasteiger partial charge on any atom is 0.329 e. The Morgan fingerprint density at radius 1 is 0.941 bits per heavy atom. The van der Waals surface area contributed by atoms with Crippen molar-refractivity contribution in [3.8, 4) is 11.5 Å². The Balaban J connectivity index is 1.12. The van der Waals surface area contributed by atoms with Gasteiger partial charge in [-0.1, -0.05) is 18.2 Å². The third-order valence-electron chi connectivity index (χ3n) is 7.15. The lowest BCUT2D eigenvalue weighted by Crippen LogP contribution is -2.45. The van der Waals surface area contributed by atoms with Crippen molar-refractivity contribution in [2.45, 2.75) is 32.2 Å². The highest BCUT2D eigenvalue weighted by Crippen LogP contribution is 2.56. The lowest BCUT2D eigenvalue weighted by Gasteiger charge is -2.23. The minimum Gasteiger partial charge on any atom is -0.457 e. The predicted molar refractivity (Wildman–Crippen MR) is 122 cm³/mol. The molecule has 2 aliphatic carbocycles. The molecule has 3 amide bonds. The van der Waals surface area contributed by atoms with Crippen LogP contribution in [0, 0.1) is 23.7 Å². The number of carbonyl (C=O) groups is 4. The molecule has 2 bridgehead atoms. The van der Waals surface area contributed by atoms with Crippen LogP contribution in [0.2, 0.25) is 0 Å². The van der Waals surface area contributed by atoms with Crippen molar-refractivity contribution in [1.29, 1.82) is 0 Å². The van der Waals surface area contributed by atoms with Gasteiger partial charge >= 0.3 is 5.97 Å². The number of likely N-dealkylation sites (tertiary alicyclic amines) is 1. The number of imide groups is 1. The lowest BCUT2D eigenvalue weighted by molar-refractivity contribution is -0.159. The summed E-state index contributed by atoms with van der Waals surface area (Å²) in [5.74, 6) is -0.610. The predicted octanol–water partition coefficient (Wildman–Crippen LogP) is 3.38. The number of nitrogens with zero attached hydrogens (tertiary/aromatic N) is 1. The van der Waals surface area contributed by atoms with Gasteiger partial charge in [-0.05, 0) is 74.4 Å². The molecule has 0 radical (unpaired) electrons. The average Bonchev–Trinajstić information content (AvgIpc) is 3.52. The van der Waals surface area contributed by atoms with Gasteiger partial charge in [0.25, 0.3) is 5.91 Å². The van der Waals surface area contributed by atoms with Crippen LogP contribution in [0.15, 0.2) is 54.6 Å². The number of hydrogen-bond donors (Lipinski definition) is 1. The number of amides is 3. The molecular formula is C26H26N2O6. The van der Waals surface area contributed by atoms with Crippen LogP contribution in [-0.2, 0) is 23.9 Å². The summed E-state index contributed by atoms with van der Waals surface area (Å²) in [4.78, 5) is 51.6. The van der Waals surface area contributed by atoms with Crippen LogP contribution < -0.4 is 10.1 Å². The molecule has 2 aromatic rings. The number of anilines is 1. The first-order valence-corrected chi connectivity index (χ1v) is 11.6. The van der Waals surface area contributed by atoms with E-state index < -0.39 is 24.5 Å². The Labute approximate surface area is 197 Å². The number of nitrogens with one attached hydrogen (secondary N) is 1. The highest BCUT2D eigenvalue weighted by atomic mass is 16.5. The first kappa shape index (κ1) is 22.1. The van der Waals surface area contributed by atoms with Crippen LogP contribution in [0.3, 0.4) is 0 Å². The molecule has 0 spiro atoms. The average molecular weight is 463 g/mol. The molecule has 1 aliphatic heterocycles. The van der Waals surface area contributed by atoms with Crippen LogP contribution in [0.5, 0.6) is 11.5 Å². The van der Waals surface area contributed by atoms with Crippen molar-refractivity contribution in [2.24, 2.45) is 23.7 Å². The van der Waals surface area contributed by atoms with Gasteiger partial charge in [0, 0.05) is 5.69 Å². The second-order valence-electron chi connectivity index (χ2n) is 9.20. The van der Waals surface area contributed by atoms with E-state index in [0.717, 1.165) is 24.2 Å². The fourth-order valence-corrected chi connectivity index (χ4v) is 5.60. The molecule has 8 nitrogen and oxygen atoms in total. The smallest absolute Gasteiger partial charge is 0.329 e. The molecule has 176 valence electrons. The van der Waals surface area contributed by atoms with Crippen molar-refractivity contribution in [1.82, 2.24) is 4.90 Å². The normalized spacial score (nSPS) is 25.7. The van der Waals surface area contributed by atoms with E-state index in [2.05, 4.69) is 5.32 Å². The third-order valence-corrected chi connectivity index (χ3v) is 7.15. The summed E-state index contributed by atoms with van der Waals surface area (Å²) in [6, 6.07) is 15.0. The Morgan fingerprint density at radius 2 is 1.53 bits per heavy atom. The molecule has 1 N–H and O–H groups in total.